The highest BCUT2D eigenvalue weighted by Crippen LogP contribution is 2.27. The Morgan fingerprint density at radius 2 is 1.96 bits per heavy atom. The van der Waals surface area contributed by atoms with Crippen LogP contribution >= 0.6 is 0 Å². The topological polar surface area (TPSA) is 81.9 Å². The third-order valence-corrected chi connectivity index (χ3v) is 3.25. The fourth-order valence-corrected chi connectivity index (χ4v) is 2.12. The number of aromatic nitrogens is 4. The van der Waals surface area contributed by atoms with Crippen LogP contribution in [-0.2, 0) is 0 Å². The van der Waals surface area contributed by atoms with Crippen molar-refractivity contribution in [2.45, 2.75) is 6.18 Å². The van der Waals surface area contributed by atoms with Gasteiger partial charge in [0.2, 0.25) is 0 Å². The van der Waals surface area contributed by atoms with Gasteiger partial charge in [-0.2, -0.15) is 13.2 Å². The van der Waals surface area contributed by atoms with Crippen molar-refractivity contribution in [3.63, 3.8) is 0 Å². The molecule has 0 bridgehead atoms. The highest BCUT2D eigenvalue weighted by Gasteiger charge is 2.28. The van der Waals surface area contributed by atoms with Crippen molar-refractivity contribution in [1.82, 2.24) is 20.2 Å². The van der Waals surface area contributed by atoms with E-state index in [4.69, 9.17) is 4.74 Å². The molecule has 0 unspecified atom stereocenters. The van der Waals surface area contributed by atoms with Gasteiger partial charge >= 0.3 is 6.18 Å². The molecule has 1 amide bonds. The predicted molar refractivity (Wildman–Crippen MR) is 85.1 cm³/mol. The molecule has 3 aromatic rings. The first-order valence-electron chi connectivity index (χ1n) is 7.36. The molecule has 7 nitrogen and oxygen atoms in total. The molecule has 1 N–H and O–H groups in total. The Morgan fingerprint density at radius 1 is 1.15 bits per heavy atom. The van der Waals surface area contributed by atoms with E-state index in [0.29, 0.717) is 5.69 Å². The fraction of sp³-hybridized carbons (Fsp3) is 0.125. The van der Waals surface area contributed by atoms with Crippen LogP contribution in [0.3, 0.4) is 0 Å². The number of alkyl halides is 3. The summed E-state index contributed by atoms with van der Waals surface area (Å²) in [6.07, 6.45) is -3.10. The van der Waals surface area contributed by atoms with Gasteiger partial charge in [0.15, 0.2) is 6.61 Å². The van der Waals surface area contributed by atoms with Crippen LogP contribution in [0.4, 0.5) is 18.9 Å². The number of nitrogens with one attached hydrogen (secondary N) is 1. The maximum atomic E-state index is 12.4. The van der Waals surface area contributed by atoms with Crippen molar-refractivity contribution in [3.8, 4) is 11.4 Å². The highest BCUT2D eigenvalue weighted by atomic mass is 19.4. The summed E-state index contributed by atoms with van der Waals surface area (Å²) in [6, 6.07) is 12.3. The molecule has 10 heteroatoms. The van der Waals surface area contributed by atoms with Gasteiger partial charge in [0.25, 0.3) is 5.91 Å². The van der Waals surface area contributed by atoms with E-state index in [2.05, 4.69) is 20.8 Å². The lowest BCUT2D eigenvalue weighted by Gasteiger charge is -2.14. The van der Waals surface area contributed by atoms with Crippen molar-refractivity contribution in [1.29, 1.82) is 0 Å². The second-order valence-electron chi connectivity index (χ2n) is 5.16. The first-order chi connectivity index (χ1) is 12.4. The van der Waals surface area contributed by atoms with Gasteiger partial charge < -0.3 is 10.1 Å². The van der Waals surface area contributed by atoms with Gasteiger partial charge in [0, 0.05) is 5.56 Å². The molecule has 3 rings (SSSR count). The van der Waals surface area contributed by atoms with E-state index in [-0.39, 0.29) is 17.0 Å². The Balaban J connectivity index is 1.77. The molecule has 0 aliphatic carbocycles. The lowest BCUT2D eigenvalue weighted by Crippen LogP contribution is -2.20. The number of ether oxygens (including phenoxy) is 1. The maximum absolute atomic E-state index is 12.4. The van der Waals surface area contributed by atoms with E-state index in [1.54, 1.807) is 30.3 Å². The van der Waals surface area contributed by atoms with Crippen LogP contribution in [0.15, 0.2) is 54.9 Å². The average molecular weight is 363 g/mol. The minimum Gasteiger partial charge on any atom is -0.482 e. The Bertz CT molecular complexity index is 897. The summed E-state index contributed by atoms with van der Waals surface area (Å²) in [5.74, 6) is -0.585. The number of carbonyl (C=O) groups is 1. The summed E-state index contributed by atoms with van der Waals surface area (Å²) in [6.45, 7) is -1.45. The molecule has 0 fully saturated rings. The number of anilines is 1. The van der Waals surface area contributed by atoms with Gasteiger partial charge in [-0.1, -0.05) is 18.2 Å². The van der Waals surface area contributed by atoms with Crippen LogP contribution < -0.4 is 10.1 Å². The number of tetrazole rings is 1. The van der Waals surface area contributed by atoms with E-state index in [9.17, 15) is 18.0 Å². The van der Waals surface area contributed by atoms with Gasteiger partial charge in [-0.25, -0.2) is 4.68 Å². The quantitative estimate of drug-likeness (QED) is 0.754. The van der Waals surface area contributed by atoms with Crippen molar-refractivity contribution in [2.75, 3.05) is 11.9 Å². The highest BCUT2D eigenvalue weighted by molar-refractivity contribution is 6.05. The van der Waals surface area contributed by atoms with Gasteiger partial charge in [0.05, 0.1) is 11.4 Å². The summed E-state index contributed by atoms with van der Waals surface area (Å²) >= 11 is 0. The third-order valence-electron chi connectivity index (χ3n) is 3.25. The van der Waals surface area contributed by atoms with Gasteiger partial charge in [-0.3, -0.25) is 4.79 Å². The molecule has 26 heavy (non-hydrogen) atoms. The van der Waals surface area contributed by atoms with E-state index in [1.165, 1.54) is 29.2 Å². The molecule has 1 aromatic heterocycles. The van der Waals surface area contributed by atoms with E-state index >= 15 is 0 Å². The van der Waals surface area contributed by atoms with Crippen molar-refractivity contribution < 1.29 is 22.7 Å². The molecule has 1 heterocycles. The van der Waals surface area contributed by atoms with Crippen LogP contribution in [0, 0.1) is 0 Å². The molecule has 0 aliphatic rings. The molecule has 0 radical (unpaired) electrons. The zero-order chi connectivity index (χ0) is 18.6. The van der Waals surface area contributed by atoms with Gasteiger partial charge in [0.1, 0.15) is 12.1 Å². The number of hydrogen-bond donors (Lipinski definition) is 1. The molecule has 0 saturated heterocycles. The normalized spacial score (nSPS) is 11.2. The maximum Gasteiger partial charge on any atom is 0.422 e. The SMILES string of the molecule is O=C(Nc1ccccc1OCC(F)(F)F)c1cccc(-n2cnnn2)c1. The number of benzene rings is 2. The van der Waals surface area contributed by atoms with Crippen molar-refractivity contribution >= 4 is 11.6 Å². The Morgan fingerprint density at radius 3 is 2.69 bits per heavy atom. The zero-order valence-electron chi connectivity index (χ0n) is 13.1. The molecule has 0 spiro atoms. The van der Waals surface area contributed by atoms with Crippen LogP contribution in [-0.4, -0.2) is 38.9 Å². The zero-order valence-corrected chi connectivity index (χ0v) is 13.1. The first-order valence-corrected chi connectivity index (χ1v) is 7.36. The standard InChI is InChI=1S/C16H12F3N5O2/c17-16(18,19)9-26-14-7-2-1-6-13(14)21-15(25)11-4-3-5-12(8-11)24-10-20-22-23-24/h1-8,10H,9H2,(H,21,25). The van der Waals surface area contributed by atoms with Crippen molar-refractivity contribution in [3.05, 3.63) is 60.4 Å². The molecule has 2 aromatic carbocycles. The second-order valence-corrected chi connectivity index (χ2v) is 5.16. The fourth-order valence-electron chi connectivity index (χ4n) is 2.12. The molecule has 134 valence electrons. The van der Waals surface area contributed by atoms with Crippen LogP contribution in [0.2, 0.25) is 0 Å². The van der Waals surface area contributed by atoms with E-state index < -0.39 is 18.7 Å². The van der Waals surface area contributed by atoms with Crippen molar-refractivity contribution in [2.24, 2.45) is 0 Å². The van der Waals surface area contributed by atoms with E-state index in [0.717, 1.165) is 0 Å². The smallest absolute Gasteiger partial charge is 0.422 e. The van der Waals surface area contributed by atoms with Crippen LogP contribution in [0.5, 0.6) is 5.75 Å². The largest absolute Gasteiger partial charge is 0.482 e. The predicted octanol–water partition coefficient (Wildman–Crippen LogP) is 2.86. The number of nitrogens with zero attached hydrogens (tertiary/aromatic N) is 4. The average Bonchev–Trinajstić information content (AvgIpc) is 3.15. The summed E-state index contributed by atoms with van der Waals surface area (Å²) < 4.78 is 43.2. The minimum absolute atomic E-state index is 0.0743. The second kappa shape index (κ2) is 7.21. The Labute approximate surface area is 145 Å². The summed E-state index contributed by atoms with van der Waals surface area (Å²) in [5, 5.41) is 13.3. The monoisotopic (exact) mass is 363 g/mol. The lowest BCUT2D eigenvalue weighted by molar-refractivity contribution is -0.153. The summed E-state index contributed by atoms with van der Waals surface area (Å²) in [5.41, 5.74) is 0.974. The molecular formula is C16H12F3N5O2. The Hall–Kier alpha value is -3.43. The van der Waals surface area contributed by atoms with Gasteiger partial charge in [-0.05, 0) is 40.8 Å². The molecular weight excluding hydrogens is 351 g/mol. The third kappa shape index (κ3) is 4.35. The number of hydrogen-bond acceptors (Lipinski definition) is 5. The number of amides is 1. The van der Waals surface area contributed by atoms with E-state index in [1.807, 2.05) is 0 Å². The Kier molecular flexibility index (Phi) is 4.83. The molecule has 0 saturated carbocycles. The number of para-hydroxylation sites is 2. The first kappa shape index (κ1) is 17.4. The molecule has 0 aliphatic heterocycles. The number of rotatable bonds is 5. The minimum atomic E-state index is -4.47. The molecule has 0 atom stereocenters. The van der Waals surface area contributed by atoms with Crippen LogP contribution in [0.25, 0.3) is 5.69 Å². The number of halogens is 3. The summed E-state index contributed by atoms with van der Waals surface area (Å²) in [4.78, 5) is 12.4. The summed E-state index contributed by atoms with van der Waals surface area (Å²) in [7, 11) is 0. The van der Waals surface area contributed by atoms with Gasteiger partial charge in [-0.15, -0.1) is 5.10 Å². The van der Waals surface area contributed by atoms with Crippen LogP contribution in [0.1, 0.15) is 10.4 Å². The number of carbonyl (C=O) groups excluding carboxylic acids is 1. The lowest BCUT2D eigenvalue weighted by atomic mass is 10.2.